The normalized spacial score (nSPS) is 26.3. The van der Waals surface area contributed by atoms with Crippen LogP contribution in [0.5, 0.6) is 0 Å². The fourth-order valence-corrected chi connectivity index (χ4v) is 8.87. The van der Waals surface area contributed by atoms with Crippen LogP contribution in [0.15, 0.2) is 67.3 Å². The van der Waals surface area contributed by atoms with Crippen molar-refractivity contribution in [1.82, 2.24) is 0 Å². The summed E-state index contributed by atoms with van der Waals surface area (Å²) in [6.07, 6.45) is 6.69. The molecule has 4 fully saturated rings. The molecule has 0 bridgehead atoms. The molecule has 328 valence electrons. The molecule has 4 atom stereocenters. The smallest absolute Gasteiger partial charge is 0.403 e. The van der Waals surface area contributed by atoms with Crippen molar-refractivity contribution in [2.45, 2.75) is 217 Å². The zero-order valence-corrected chi connectivity index (χ0v) is 40.1. The summed E-state index contributed by atoms with van der Waals surface area (Å²) in [6.45, 7) is 38.3. The number of hydrogen-bond acceptors (Lipinski definition) is 8. The van der Waals surface area contributed by atoms with E-state index in [-0.39, 0.29) is 23.3 Å². The Morgan fingerprint density at radius 1 is 0.417 bits per heavy atom. The van der Waals surface area contributed by atoms with Crippen molar-refractivity contribution in [3.05, 3.63) is 72.8 Å². The number of hydrogen-bond donors (Lipinski definition) is 0. The average molecular weight is 824 g/mol. The minimum absolute atomic E-state index is 0.0178. The van der Waals surface area contributed by atoms with Gasteiger partial charge in [-0.05, 0) is 170 Å². The summed E-state index contributed by atoms with van der Waals surface area (Å²) in [5.74, 6) is -0.0510. The molecule has 0 aromatic heterocycles. The fourth-order valence-electron chi connectivity index (χ4n) is 8.87. The molecule has 8 nitrogen and oxygen atoms in total. The lowest BCUT2D eigenvalue weighted by Crippen LogP contribution is -2.41. The van der Waals surface area contributed by atoms with Gasteiger partial charge in [0, 0.05) is 0 Å². The molecule has 0 unspecified atom stereocenters. The maximum absolute atomic E-state index is 6.99. The van der Waals surface area contributed by atoms with Crippen LogP contribution in [0.4, 0.5) is 0 Å². The third kappa shape index (κ3) is 9.77. The molecule has 60 heavy (non-hydrogen) atoms. The second-order valence-electron chi connectivity index (χ2n) is 22.4. The molecule has 0 saturated carbocycles. The lowest BCUT2D eigenvalue weighted by molar-refractivity contribution is 0.00578. The van der Waals surface area contributed by atoms with Gasteiger partial charge in [0.15, 0.2) is 0 Å². The first-order valence-electron chi connectivity index (χ1n) is 22.8. The molecule has 6 rings (SSSR count). The molecule has 4 aliphatic heterocycles. The molecule has 4 aliphatic rings. The van der Waals surface area contributed by atoms with Crippen molar-refractivity contribution in [3.8, 4) is 11.1 Å². The van der Waals surface area contributed by atoms with Crippen LogP contribution in [0.1, 0.15) is 148 Å². The van der Waals surface area contributed by atoms with Gasteiger partial charge in [0.2, 0.25) is 0 Å². The molecular formula is C48H76B4O8. The van der Waals surface area contributed by atoms with E-state index in [0.29, 0.717) is 0 Å². The summed E-state index contributed by atoms with van der Waals surface area (Å²) >= 11 is 0. The Morgan fingerprint density at radius 2 is 0.717 bits per heavy atom. The van der Waals surface area contributed by atoms with Gasteiger partial charge in [-0.1, -0.05) is 79.9 Å². The van der Waals surface area contributed by atoms with E-state index < -0.39 is 73.3 Å². The van der Waals surface area contributed by atoms with Crippen molar-refractivity contribution >= 4 is 28.5 Å². The van der Waals surface area contributed by atoms with Crippen LogP contribution >= 0.6 is 0 Å². The Labute approximate surface area is 365 Å². The summed E-state index contributed by atoms with van der Waals surface area (Å²) in [5, 5.41) is 0. The first-order valence-corrected chi connectivity index (χ1v) is 22.8. The van der Waals surface area contributed by atoms with Gasteiger partial charge < -0.3 is 37.2 Å². The van der Waals surface area contributed by atoms with Crippen LogP contribution < -0.4 is 0 Å². The van der Waals surface area contributed by atoms with E-state index >= 15 is 0 Å². The van der Waals surface area contributed by atoms with Crippen LogP contribution in [0, 0.1) is 0 Å². The topological polar surface area (TPSA) is 73.8 Å². The van der Waals surface area contributed by atoms with Gasteiger partial charge in [-0.2, -0.15) is 0 Å². The van der Waals surface area contributed by atoms with Gasteiger partial charge >= 0.3 is 28.5 Å². The molecule has 2 aromatic carbocycles. The van der Waals surface area contributed by atoms with Crippen molar-refractivity contribution in [2.75, 3.05) is 0 Å². The summed E-state index contributed by atoms with van der Waals surface area (Å²) < 4.78 is 55.1. The highest BCUT2D eigenvalue weighted by molar-refractivity contribution is 6.51. The zero-order chi connectivity index (χ0) is 44.3. The Bertz CT molecular complexity index is 1710. The summed E-state index contributed by atoms with van der Waals surface area (Å²) in [4.78, 5) is 0. The minimum atomic E-state index is -0.510. The summed E-state index contributed by atoms with van der Waals surface area (Å²) in [6, 6.07) is 19.5. The Hall–Kier alpha value is -1.88. The molecule has 0 spiro atoms. The predicted octanol–water partition coefficient (Wildman–Crippen LogP) is 11.9. The van der Waals surface area contributed by atoms with Gasteiger partial charge in [0.25, 0.3) is 0 Å². The lowest BCUT2D eigenvalue weighted by Gasteiger charge is -2.32. The van der Waals surface area contributed by atoms with Crippen molar-refractivity contribution in [2.24, 2.45) is 0 Å². The van der Waals surface area contributed by atoms with Gasteiger partial charge in [0.1, 0.15) is 0 Å². The number of benzene rings is 2. The van der Waals surface area contributed by atoms with E-state index in [9.17, 15) is 0 Å². The van der Waals surface area contributed by atoms with E-state index in [1.165, 1.54) is 16.7 Å². The number of rotatable bonds is 16. The maximum atomic E-state index is 6.99. The molecule has 2 aromatic rings. The van der Waals surface area contributed by atoms with Gasteiger partial charge in [0.05, 0.1) is 44.8 Å². The molecular weight excluding hydrogens is 748 g/mol. The van der Waals surface area contributed by atoms with Crippen LogP contribution in [0.2, 0.25) is 23.3 Å². The summed E-state index contributed by atoms with van der Waals surface area (Å²) in [7, 11) is -1.74. The zero-order valence-electron chi connectivity index (χ0n) is 40.1. The first kappa shape index (κ1) is 47.6. The second kappa shape index (κ2) is 16.9. The van der Waals surface area contributed by atoms with Crippen LogP contribution in [0.25, 0.3) is 11.1 Å². The van der Waals surface area contributed by atoms with E-state index in [0.717, 1.165) is 38.5 Å². The molecule has 12 heteroatoms. The van der Waals surface area contributed by atoms with E-state index in [4.69, 9.17) is 37.2 Å². The standard InChI is InChI=1S/C48H76B4O8/c1-18-22-37(49-53-41(2,3)42(4,5)54-49)31-39(51-57-45(10,11)46(12,13)58-51)33-40(52-59-47(14,15)48(16,17)60-52)32-38(50-55-43(6,7)44(8,9)56-50)30-27-34-25-28-36(29-26-34)35-23-20-19-21-24-35/h18-21,23-26,28-29,37-40H,1,22,27,30-33H2,2-17H3/t37-,38+,39-,40-/m1/s1. The van der Waals surface area contributed by atoms with Crippen molar-refractivity contribution in [1.29, 1.82) is 0 Å². The molecule has 0 aliphatic carbocycles. The van der Waals surface area contributed by atoms with Crippen LogP contribution in [0.3, 0.4) is 0 Å². The molecule has 4 saturated heterocycles. The third-order valence-corrected chi connectivity index (χ3v) is 15.8. The van der Waals surface area contributed by atoms with Gasteiger partial charge in [-0.25, -0.2) is 0 Å². The highest BCUT2D eigenvalue weighted by atomic mass is 16.7. The first-order chi connectivity index (χ1) is 27.6. The predicted molar refractivity (Wildman–Crippen MR) is 248 cm³/mol. The monoisotopic (exact) mass is 825 g/mol. The number of allylic oxidation sites excluding steroid dienone is 1. The Balaban J connectivity index is 1.35. The van der Waals surface area contributed by atoms with Crippen LogP contribution in [-0.2, 0) is 43.7 Å². The van der Waals surface area contributed by atoms with E-state index in [1.54, 1.807) is 0 Å². The van der Waals surface area contributed by atoms with E-state index in [1.807, 2.05) is 6.08 Å². The van der Waals surface area contributed by atoms with Crippen molar-refractivity contribution < 1.29 is 37.2 Å². The third-order valence-electron chi connectivity index (χ3n) is 15.8. The molecule has 0 amide bonds. The SMILES string of the molecule is C=CC[C@H](C[C@H](C[C@@H](C[C@H](CCc1ccc(-c2ccccc2)cc1)B1OC(C)(C)C(C)(C)O1)B1OC(C)(C)C(C)(C)O1)B1OC(C)(C)C(C)(C)O1)B1OC(C)(C)C(C)(C)O1. The van der Waals surface area contributed by atoms with E-state index in [2.05, 4.69) is 172 Å². The van der Waals surface area contributed by atoms with Gasteiger partial charge in [-0.15, -0.1) is 6.58 Å². The molecule has 0 radical (unpaired) electrons. The van der Waals surface area contributed by atoms with Crippen molar-refractivity contribution in [3.63, 3.8) is 0 Å². The quantitative estimate of drug-likeness (QED) is 0.122. The Morgan fingerprint density at radius 3 is 1.08 bits per heavy atom. The highest BCUT2D eigenvalue weighted by Gasteiger charge is 2.61. The number of aryl methyl sites for hydroxylation is 1. The minimum Gasteiger partial charge on any atom is -0.403 e. The van der Waals surface area contributed by atoms with Crippen LogP contribution in [-0.4, -0.2) is 73.3 Å². The second-order valence-corrected chi connectivity index (χ2v) is 22.4. The van der Waals surface area contributed by atoms with Gasteiger partial charge in [-0.3, -0.25) is 0 Å². The molecule has 4 heterocycles. The average Bonchev–Trinajstić information content (AvgIpc) is 3.69. The summed E-state index contributed by atoms with van der Waals surface area (Å²) in [5.41, 5.74) is -0.174. The lowest BCUT2D eigenvalue weighted by atomic mass is 9.51. The maximum Gasteiger partial charge on any atom is 0.461 e. The highest BCUT2D eigenvalue weighted by Crippen LogP contribution is 2.53. The fraction of sp³-hybridized carbons (Fsp3) is 0.708. The largest absolute Gasteiger partial charge is 0.461 e. The Kier molecular flexibility index (Phi) is 13.4. The molecule has 0 N–H and O–H groups in total.